The van der Waals surface area contributed by atoms with E-state index in [1.54, 1.807) is 18.2 Å². The Hall–Kier alpha value is -2.75. The number of amides is 1. The SMILES string of the molecule is CCc1cc(C(C)NC(=O)C2CC2(C)c2cccc(OC(F)(F)F)c2)ccc1NS(C)(=O)=O. The molecule has 0 heterocycles. The summed E-state index contributed by atoms with van der Waals surface area (Å²) in [7, 11) is -3.41. The van der Waals surface area contributed by atoms with E-state index < -0.39 is 21.8 Å². The van der Waals surface area contributed by atoms with Crippen LogP contribution in [0.5, 0.6) is 5.75 Å². The van der Waals surface area contributed by atoms with Crippen molar-refractivity contribution < 1.29 is 31.1 Å². The molecule has 0 aliphatic heterocycles. The van der Waals surface area contributed by atoms with E-state index >= 15 is 0 Å². The Morgan fingerprint density at radius 2 is 1.94 bits per heavy atom. The first-order chi connectivity index (χ1) is 15.2. The summed E-state index contributed by atoms with van der Waals surface area (Å²) < 4.78 is 67.2. The monoisotopic (exact) mass is 484 g/mol. The fraction of sp³-hybridized carbons (Fsp3) is 0.435. The summed E-state index contributed by atoms with van der Waals surface area (Å²) in [6, 6.07) is 10.7. The van der Waals surface area contributed by atoms with Gasteiger partial charge in [0.25, 0.3) is 0 Å². The molecule has 0 spiro atoms. The highest BCUT2D eigenvalue weighted by atomic mass is 32.2. The van der Waals surface area contributed by atoms with E-state index in [2.05, 4.69) is 14.8 Å². The third kappa shape index (κ3) is 6.19. The number of aryl methyl sites for hydroxylation is 1. The highest BCUT2D eigenvalue weighted by Gasteiger charge is 2.55. The second-order valence-electron chi connectivity index (χ2n) is 8.62. The number of sulfonamides is 1. The smallest absolute Gasteiger partial charge is 0.406 e. The van der Waals surface area contributed by atoms with Crippen molar-refractivity contribution in [3.05, 3.63) is 59.2 Å². The molecule has 0 saturated heterocycles. The molecule has 1 saturated carbocycles. The van der Waals surface area contributed by atoms with E-state index in [9.17, 15) is 26.4 Å². The molecule has 180 valence electrons. The summed E-state index contributed by atoms with van der Waals surface area (Å²) in [4.78, 5) is 12.9. The van der Waals surface area contributed by atoms with Crippen LogP contribution in [0.2, 0.25) is 0 Å². The molecule has 33 heavy (non-hydrogen) atoms. The summed E-state index contributed by atoms with van der Waals surface area (Å²) in [6.07, 6.45) is -2.58. The first-order valence-electron chi connectivity index (χ1n) is 10.5. The van der Waals surface area contributed by atoms with E-state index in [-0.39, 0.29) is 23.6 Å². The van der Waals surface area contributed by atoms with Crippen LogP contribution in [-0.4, -0.2) is 26.9 Å². The van der Waals surface area contributed by atoms with E-state index in [1.807, 2.05) is 26.8 Å². The summed E-state index contributed by atoms with van der Waals surface area (Å²) in [5.74, 6) is -0.878. The van der Waals surface area contributed by atoms with Gasteiger partial charge in [0.05, 0.1) is 18.0 Å². The zero-order chi connectivity index (χ0) is 24.6. The molecule has 2 aromatic rings. The molecule has 0 aromatic heterocycles. The van der Waals surface area contributed by atoms with Crippen LogP contribution in [0, 0.1) is 5.92 Å². The minimum Gasteiger partial charge on any atom is -0.406 e. The average Bonchev–Trinajstić information content (AvgIpc) is 3.39. The maximum atomic E-state index is 12.9. The van der Waals surface area contributed by atoms with E-state index in [1.165, 1.54) is 18.2 Å². The number of rotatable bonds is 8. The largest absolute Gasteiger partial charge is 0.573 e. The minimum absolute atomic E-state index is 0.191. The van der Waals surface area contributed by atoms with Gasteiger partial charge in [-0.3, -0.25) is 9.52 Å². The molecular weight excluding hydrogens is 457 g/mol. The normalized spacial score (nSPS) is 21.2. The number of nitrogens with one attached hydrogen (secondary N) is 2. The Kier molecular flexibility index (Phi) is 6.70. The standard InChI is InChI=1S/C23H27F3N2O4S/c1-5-15-11-16(9-10-20(15)28-33(4,30)31)14(2)27-21(29)19-13-22(19,3)17-7-6-8-18(12-17)32-23(24,25)26/h6-12,14,19,28H,5,13H2,1-4H3,(H,27,29). The Labute approximate surface area is 191 Å². The van der Waals surface area contributed by atoms with Gasteiger partial charge in [0, 0.05) is 11.3 Å². The molecule has 3 unspecified atom stereocenters. The van der Waals surface area contributed by atoms with Crippen LogP contribution < -0.4 is 14.8 Å². The first kappa shape index (κ1) is 24.9. The maximum Gasteiger partial charge on any atom is 0.573 e. The first-order valence-corrected chi connectivity index (χ1v) is 12.4. The highest BCUT2D eigenvalue weighted by molar-refractivity contribution is 7.92. The van der Waals surface area contributed by atoms with Gasteiger partial charge in [-0.2, -0.15) is 0 Å². The van der Waals surface area contributed by atoms with Gasteiger partial charge in [0.2, 0.25) is 15.9 Å². The van der Waals surface area contributed by atoms with Crippen LogP contribution in [0.25, 0.3) is 0 Å². The molecule has 2 N–H and O–H groups in total. The van der Waals surface area contributed by atoms with Crippen LogP contribution in [0.15, 0.2) is 42.5 Å². The molecule has 3 rings (SSSR count). The number of halogens is 3. The maximum absolute atomic E-state index is 12.9. The lowest BCUT2D eigenvalue weighted by atomic mass is 9.94. The van der Waals surface area contributed by atoms with Gasteiger partial charge in [-0.1, -0.05) is 38.1 Å². The highest BCUT2D eigenvalue weighted by Crippen LogP contribution is 2.54. The van der Waals surface area contributed by atoms with Crippen molar-refractivity contribution >= 4 is 21.6 Å². The van der Waals surface area contributed by atoms with E-state index in [0.29, 0.717) is 24.1 Å². The van der Waals surface area contributed by atoms with E-state index in [0.717, 1.165) is 17.4 Å². The molecule has 1 amide bonds. The lowest BCUT2D eigenvalue weighted by Gasteiger charge is -2.19. The van der Waals surface area contributed by atoms with Gasteiger partial charge in [-0.25, -0.2) is 8.42 Å². The van der Waals surface area contributed by atoms with Crippen molar-refractivity contribution in [1.29, 1.82) is 0 Å². The van der Waals surface area contributed by atoms with Crippen LogP contribution in [0.4, 0.5) is 18.9 Å². The lowest BCUT2D eigenvalue weighted by Crippen LogP contribution is -2.30. The third-order valence-corrected chi connectivity index (χ3v) is 6.54. The molecule has 0 radical (unpaired) electrons. The molecule has 1 fully saturated rings. The van der Waals surface area contributed by atoms with Crippen LogP contribution in [-0.2, 0) is 26.7 Å². The molecule has 10 heteroatoms. The van der Waals surface area contributed by atoms with Crippen LogP contribution in [0.1, 0.15) is 49.9 Å². The predicted octanol–water partition coefficient (Wildman–Crippen LogP) is 4.67. The Balaban J connectivity index is 1.69. The minimum atomic E-state index is -4.78. The number of alkyl halides is 3. The topological polar surface area (TPSA) is 84.5 Å². The summed E-state index contributed by atoms with van der Waals surface area (Å²) >= 11 is 0. The molecule has 2 aromatic carbocycles. The number of ether oxygens (including phenoxy) is 1. The van der Waals surface area contributed by atoms with Gasteiger partial charge in [-0.15, -0.1) is 13.2 Å². The van der Waals surface area contributed by atoms with Crippen LogP contribution in [0.3, 0.4) is 0 Å². The molecule has 6 nitrogen and oxygen atoms in total. The predicted molar refractivity (Wildman–Crippen MR) is 119 cm³/mol. The fourth-order valence-electron chi connectivity index (χ4n) is 3.99. The summed E-state index contributed by atoms with van der Waals surface area (Å²) in [5, 5.41) is 2.97. The average molecular weight is 485 g/mol. The number of anilines is 1. The summed E-state index contributed by atoms with van der Waals surface area (Å²) in [6.45, 7) is 5.57. The number of benzene rings is 2. The zero-order valence-electron chi connectivity index (χ0n) is 18.8. The molecule has 1 aliphatic carbocycles. The zero-order valence-corrected chi connectivity index (χ0v) is 19.6. The second-order valence-corrected chi connectivity index (χ2v) is 10.4. The summed E-state index contributed by atoms with van der Waals surface area (Å²) in [5.41, 5.74) is 2.16. The number of carbonyl (C=O) groups is 1. The molecular formula is C23H27F3N2O4S. The third-order valence-electron chi connectivity index (χ3n) is 5.95. The van der Waals surface area contributed by atoms with Crippen molar-refractivity contribution in [2.24, 2.45) is 5.92 Å². The quantitative estimate of drug-likeness (QED) is 0.570. The molecule has 3 atom stereocenters. The van der Waals surface area contributed by atoms with Crippen molar-refractivity contribution in [3.8, 4) is 5.75 Å². The fourth-order valence-corrected chi connectivity index (χ4v) is 4.59. The second kappa shape index (κ2) is 8.89. The Morgan fingerprint density at radius 1 is 1.24 bits per heavy atom. The lowest BCUT2D eigenvalue weighted by molar-refractivity contribution is -0.274. The van der Waals surface area contributed by atoms with Crippen molar-refractivity contribution in [3.63, 3.8) is 0 Å². The van der Waals surface area contributed by atoms with Gasteiger partial charge >= 0.3 is 6.36 Å². The molecule has 0 bridgehead atoms. The van der Waals surface area contributed by atoms with Crippen LogP contribution >= 0.6 is 0 Å². The Bertz CT molecular complexity index is 1150. The number of carbonyl (C=O) groups excluding carboxylic acids is 1. The number of hydrogen-bond acceptors (Lipinski definition) is 4. The van der Waals surface area contributed by atoms with Gasteiger partial charge in [0.15, 0.2) is 0 Å². The van der Waals surface area contributed by atoms with Crippen molar-refractivity contribution in [1.82, 2.24) is 5.32 Å². The van der Waals surface area contributed by atoms with Crippen molar-refractivity contribution in [2.45, 2.75) is 51.4 Å². The van der Waals surface area contributed by atoms with Gasteiger partial charge in [0.1, 0.15) is 5.75 Å². The van der Waals surface area contributed by atoms with Gasteiger partial charge in [-0.05, 0) is 54.7 Å². The number of hydrogen-bond donors (Lipinski definition) is 2. The van der Waals surface area contributed by atoms with Gasteiger partial charge < -0.3 is 10.1 Å². The molecule has 1 aliphatic rings. The van der Waals surface area contributed by atoms with Crippen molar-refractivity contribution in [2.75, 3.05) is 11.0 Å². The van der Waals surface area contributed by atoms with E-state index in [4.69, 9.17) is 0 Å². The Morgan fingerprint density at radius 3 is 2.55 bits per heavy atom.